The van der Waals surface area contributed by atoms with Gasteiger partial charge in [-0.1, -0.05) is 48.5 Å². The van der Waals surface area contributed by atoms with Gasteiger partial charge >= 0.3 is 6.03 Å². The summed E-state index contributed by atoms with van der Waals surface area (Å²) in [6, 6.07) is 16.0. The molecule has 0 spiro atoms. The number of likely N-dealkylation sites (N-methyl/N-ethyl adjacent to an activating group) is 1. The molecule has 2 N–H and O–H groups in total. The average Bonchev–Trinajstić information content (AvgIpc) is 2.79. The van der Waals surface area contributed by atoms with Crippen LogP contribution in [0.15, 0.2) is 65.6 Å². The van der Waals surface area contributed by atoms with Crippen LogP contribution in [0.5, 0.6) is 0 Å². The molecule has 1 heterocycles. The van der Waals surface area contributed by atoms with E-state index < -0.39 is 22.1 Å². The molecule has 1 aliphatic heterocycles. The Bertz CT molecular complexity index is 1030. The van der Waals surface area contributed by atoms with Gasteiger partial charge in [0.15, 0.2) is 0 Å². The number of rotatable bonds is 8. The quantitative estimate of drug-likeness (QED) is 0.592. The zero-order valence-corrected chi connectivity index (χ0v) is 19.8. The first-order chi connectivity index (χ1) is 15.8. The SMILES string of the molecule is CN(C)CCNC(=O)C1CN(Cc2ccccc2)CCN1C(=O)NS(=O)(=O)c1ccccc1. The molecule has 10 heteroatoms. The molecule has 1 atom stereocenters. The summed E-state index contributed by atoms with van der Waals surface area (Å²) in [6.45, 7) is 2.78. The van der Waals surface area contributed by atoms with Crippen LogP contribution in [0.25, 0.3) is 0 Å². The third-order valence-electron chi connectivity index (χ3n) is 5.41. The van der Waals surface area contributed by atoms with Gasteiger partial charge in [-0.15, -0.1) is 0 Å². The molecule has 3 amide bonds. The Morgan fingerprint density at radius 1 is 1.00 bits per heavy atom. The summed E-state index contributed by atoms with van der Waals surface area (Å²) < 4.78 is 27.4. The van der Waals surface area contributed by atoms with Crippen molar-refractivity contribution in [2.75, 3.05) is 46.8 Å². The van der Waals surface area contributed by atoms with Crippen LogP contribution in [0.2, 0.25) is 0 Å². The first kappa shape index (κ1) is 24.7. The van der Waals surface area contributed by atoms with Crippen LogP contribution in [-0.4, -0.2) is 87.9 Å². The Hall–Kier alpha value is -2.95. The summed E-state index contributed by atoms with van der Waals surface area (Å²) in [7, 11) is -0.231. The minimum atomic E-state index is -4.04. The zero-order chi connectivity index (χ0) is 23.8. The predicted octanol–water partition coefficient (Wildman–Crippen LogP) is 0.949. The summed E-state index contributed by atoms with van der Waals surface area (Å²) in [6.07, 6.45) is 0. The maximum atomic E-state index is 13.0. The van der Waals surface area contributed by atoms with Crippen molar-refractivity contribution in [3.8, 4) is 0 Å². The third-order valence-corrected chi connectivity index (χ3v) is 6.75. The molecular weight excluding hydrogens is 442 g/mol. The molecule has 9 nitrogen and oxygen atoms in total. The van der Waals surface area contributed by atoms with Crippen molar-refractivity contribution < 1.29 is 18.0 Å². The average molecular weight is 474 g/mol. The Morgan fingerprint density at radius 2 is 1.64 bits per heavy atom. The van der Waals surface area contributed by atoms with Gasteiger partial charge in [0.25, 0.3) is 10.0 Å². The van der Waals surface area contributed by atoms with Gasteiger partial charge in [-0.3, -0.25) is 9.69 Å². The van der Waals surface area contributed by atoms with Crippen molar-refractivity contribution in [3.63, 3.8) is 0 Å². The number of nitrogens with zero attached hydrogens (tertiary/aromatic N) is 3. The number of piperazine rings is 1. The number of amides is 3. The lowest BCUT2D eigenvalue weighted by Gasteiger charge is -2.40. The number of hydrogen-bond donors (Lipinski definition) is 2. The van der Waals surface area contributed by atoms with Gasteiger partial charge in [0.1, 0.15) is 6.04 Å². The molecule has 2 aromatic carbocycles. The number of benzene rings is 2. The maximum Gasteiger partial charge on any atom is 0.332 e. The molecule has 0 radical (unpaired) electrons. The van der Waals surface area contributed by atoms with Crippen LogP contribution in [0.3, 0.4) is 0 Å². The minimum absolute atomic E-state index is 0.00644. The number of carbonyl (C=O) groups excluding carboxylic acids is 2. The first-order valence-corrected chi connectivity index (χ1v) is 12.3. The standard InChI is InChI=1S/C23H31N5O4S/c1-26(2)14-13-24-22(29)21-18-27(17-19-9-5-3-6-10-19)15-16-28(21)23(30)25-33(31,32)20-11-7-4-8-12-20/h3-12,21H,13-18H2,1-2H3,(H,24,29)(H,25,30). The Morgan fingerprint density at radius 3 is 2.27 bits per heavy atom. The Kier molecular flexibility index (Phi) is 8.43. The van der Waals surface area contributed by atoms with E-state index in [1.54, 1.807) is 18.2 Å². The van der Waals surface area contributed by atoms with E-state index in [0.29, 0.717) is 32.7 Å². The Balaban J connectivity index is 1.73. The molecule has 1 saturated heterocycles. The van der Waals surface area contributed by atoms with Crippen molar-refractivity contribution in [2.24, 2.45) is 0 Å². The molecule has 1 fully saturated rings. The summed E-state index contributed by atoms with van der Waals surface area (Å²) in [5.41, 5.74) is 1.11. The second kappa shape index (κ2) is 11.3. The smallest absolute Gasteiger partial charge is 0.332 e. The van der Waals surface area contributed by atoms with Gasteiger partial charge in [-0.25, -0.2) is 17.9 Å². The van der Waals surface area contributed by atoms with Crippen LogP contribution in [0.4, 0.5) is 4.79 Å². The molecule has 178 valence electrons. The summed E-state index contributed by atoms with van der Waals surface area (Å²) in [5, 5.41) is 2.87. The fourth-order valence-corrected chi connectivity index (χ4v) is 4.63. The maximum absolute atomic E-state index is 13.0. The second-order valence-corrected chi connectivity index (χ2v) is 9.93. The van der Waals surface area contributed by atoms with Crippen LogP contribution >= 0.6 is 0 Å². The molecule has 3 rings (SSSR count). The lowest BCUT2D eigenvalue weighted by atomic mass is 10.1. The molecule has 1 unspecified atom stereocenters. The molecule has 0 bridgehead atoms. The molecular formula is C23H31N5O4S. The van der Waals surface area contributed by atoms with Crippen LogP contribution < -0.4 is 10.0 Å². The highest BCUT2D eigenvalue weighted by molar-refractivity contribution is 7.90. The highest BCUT2D eigenvalue weighted by Gasteiger charge is 2.36. The van der Waals surface area contributed by atoms with Gasteiger partial charge in [-0.2, -0.15) is 0 Å². The van der Waals surface area contributed by atoms with Gasteiger partial charge < -0.3 is 15.1 Å². The number of carbonyl (C=O) groups is 2. The van der Waals surface area contributed by atoms with Gasteiger partial charge in [0, 0.05) is 39.3 Å². The van der Waals surface area contributed by atoms with E-state index in [0.717, 1.165) is 5.56 Å². The highest BCUT2D eigenvalue weighted by atomic mass is 32.2. The van der Waals surface area contributed by atoms with Crippen molar-refractivity contribution in [2.45, 2.75) is 17.5 Å². The van der Waals surface area contributed by atoms with E-state index in [1.807, 2.05) is 49.3 Å². The summed E-state index contributed by atoms with van der Waals surface area (Å²) >= 11 is 0. The van der Waals surface area contributed by atoms with Gasteiger partial charge in [-0.05, 0) is 31.8 Å². The first-order valence-electron chi connectivity index (χ1n) is 10.8. The molecule has 0 aliphatic carbocycles. The van der Waals surface area contributed by atoms with E-state index in [1.165, 1.54) is 17.0 Å². The lowest BCUT2D eigenvalue weighted by Crippen LogP contribution is -2.62. The molecule has 0 saturated carbocycles. The lowest BCUT2D eigenvalue weighted by molar-refractivity contribution is -0.127. The van der Waals surface area contributed by atoms with E-state index in [4.69, 9.17) is 0 Å². The fourth-order valence-electron chi connectivity index (χ4n) is 3.64. The largest absolute Gasteiger partial charge is 0.353 e. The van der Waals surface area contributed by atoms with E-state index in [9.17, 15) is 18.0 Å². The molecule has 33 heavy (non-hydrogen) atoms. The van der Waals surface area contributed by atoms with Crippen molar-refractivity contribution in [1.29, 1.82) is 0 Å². The topological polar surface area (TPSA) is 102 Å². The number of hydrogen-bond acceptors (Lipinski definition) is 6. The number of urea groups is 1. The van der Waals surface area contributed by atoms with Gasteiger partial charge in [0.2, 0.25) is 5.91 Å². The van der Waals surface area contributed by atoms with Crippen LogP contribution in [0.1, 0.15) is 5.56 Å². The third kappa shape index (κ3) is 7.01. The van der Waals surface area contributed by atoms with Crippen molar-refractivity contribution >= 4 is 22.0 Å². The second-order valence-electron chi connectivity index (χ2n) is 8.25. The van der Waals surface area contributed by atoms with Crippen LogP contribution in [-0.2, 0) is 21.4 Å². The van der Waals surface area contributed by atoms with E-state index in [2.05, 4.69) is 14.9 Å². The normalized spacial score (nSPS) is 17.1. The number of nitrogens with one attached hydrogen (secondary N) is 2. The fraction of sp³-hybridized carbons (Fsp3) is 0.391. The monoisotopic (exact) mass is 473 g/mol. The van der Waals surface area contributed by atoms with Crippen molar-refractivity contribution in [3.05, 3.63) is 66.2 Å². The summed E-state index contributed by atoms with van der Waals surface area (Å²) in [4.78, 5) is 31.3. The molecule has 0 aromatic heterocycles. The van der Waals surface area contributed by atoms with Gasteiger partial charge in [0.05, 0.1) is 4.90 Å². The summed E-state index contributed by atoms with van der Waals surface area (Å²) in [5.74, 6) is -0.304. The predicted molar refractivity (Wildman–Crippen MR) is 126 cm³/mol. The zero-order valence-electron chi connectivity index (χ0n) is 19.0. The Labute approximate surface area is 195 Å². The number of sulfonamides is 1. The van der Waals surface area contributed by atoms with E-state index in [-0.39, 0.29) is 17.3 Å². The highest BCUT2D eigenvalue weighted by Crippen LogP contribution is 2.15. The van der Waals surface area contributed by atoms with Crippen LogP contribution in [0, 0.1) is 0 Å². The van der Waals surface area contributed by atoms with E-state index >= 15 is 0 Å². The minimum Gasteiger partial charge on any atom is -0.353 e. The molecule has 2 aromatic rings. The van der Waals surface area contributed by atoms with Crippen molar-refractivity contribution in [1.82, 2.24) is 24.7 Å². The molecule has 1 aliphatic rings.